The van der Waals surface area contributed by atoms with Crippen molar-refractivity contribution in [3.05, 3.63) is 0 Å². The first kappa shape index (κ1) is 11.4. The molecule has 2 fully saturated rings. The average molecular weight is 211 g/mol. The summed E-state index contributed by atoms with van der Waals surface area (Å²) in [5.74, 6) is 0. The lowest BCUT2D eigenvalue weighted by Crippen LogP contribution is -2.39. The summed E-state index contributed by atoms with van der Waals surface area (Å²) in [5.41, 5.74) is 6.62. The predicted molar refractivity (Wildman–Crippen MR) is 62.8 cm³/mol. The van der Waals surface area contributed by atoms with E-state index in [1.54, 1.807) is 0 Å². The second-order valence-electron chi connectivity index (χ2n) is 5.45. The fourth-order valence-electron chi connectivity index (χ4n) is 3.00. The van der Waals surface area contributed by atoms with Gasteiger partial charge in [-0.1, -0.05) is 25.7 Å². The van der Waals surface area contributed by atoms with Crippen molar-refractivity contribution in [3.8, 4) is 0 Å². The molecule has 2 nitrogen and oxygen atoms in total. The Morgan fingerprint density at radius 3 is 2.40 bits per heavy atom. The van der Waals surface area contributed by atoms with Crippen LogP contribution in [0.15, 0.2) is 0 Å². The third kappa shape index (κ3) is 3.46. The Morgan fingerprint density at radius 1 is 1.07 bits per heavy atom. The van der Waals surface area contributed by atoms with Crippen LogP contribution < -0.4 is 5.73 Å². The molecule has 1 saturated carbocycles. The molecule has 2 rings (SSSR count). The van der Waals surface area contributed by atoms with Gasteiger partial charge in [-0.25, -0.2) is 0 Å². The van der Waals surface area contributed by atoms with E-state index in [0.717, 1.165) is 6.61 Å². The zero-order valence-electron chi connectivity index (χ0n) is 9.84. The van der Waals surface area contributed by atoms with Crippen LogP contribution >= 0.6 is 0 Å². The molecule has 88 valence electrons. The molecule has 0 radical (unpaired) electrons. The number of hydrogen-bond acceptors (Lipinski definition) is 2. The van der Waals surface area contributed by atoms with Crippen molar-refractivity contribution >= 4 is 0 Å². The van der Waals surface area contributed by atoms with Crippen molar-refractivity contribution in [2.24, 2.45) is 5.73 Å². The molecule has 1 aliphatic heterocycles. The lowest BCUT2D eigenvalue weighted by molar-refractivity contribution is 0.0945. The molecular weight excluding hydrogens is 186 g/mol. The van der Waals surface area contributed by atoms with Crippen molar-refractivity contribution in [2.75, 3.05) is 6.61 Å². The molecule has 0 bridgehead atoms. The van der Waals surface area contributed by atoms with E-state index in [-0.39, 0.29) is 5.54 Å². The Hall–Kier alpha value is -0.0800. The van der Waals surface area contributed by atoms with Crippen molar-refractivity contribution in [3.63, 3.8) is 0 Å². The number of hydrogen-bond donors (Lipinski definition) is 1. The maximum Gasteiger partial charge on any atom is 0.0576 e. The van der Waals surface area contributed by atoms with Gasteiger partial charge in [0.2, 0.25) is 0 Å². The van der Waals surface area contributed by atoms with E-state index in [4.69, 9.17) is 10.5 Å². The van der Waals surface area contributed by atoms with Crippen LogP contribution in [-0.4, -0.2) is 18.2 Å². The number of ether oxygens (including phenoxy) is 1. The summed E-state index contributed by atoms with van der Waals surface area (Å²) >= 11 is 0. The largest absolute Gasteiger partial charge is 0.378 e. The van der Waals surface area contributed by atoms with E-state index < -0.39 is 0 Å². The highest BCUT2D eigenvalue weighted by atomic mass is 16.5. The van der Waals surface area contributed by atoms with Crippen molar-refractivity contribution in [2.45, 2.75) is 75.9 Å². The molecule has 0 aromatic heterocycles. The summed E-state index contributed by atoms with van der Waals surface area (Å²) in [6, 6.07) is 0. The summed E-state index contributed by atoms with van der Waals surface area (Å²) in [6.07, 6.45) is 13.3. The Morgan fingerprint density at radius 2 is 1.80 bits per heavy atom. The standard InChI is InChI=1S/C13H25NO/c14-13(8-3-1-2-4-9-13)10-7-12-6-5-11-15-12/h12H,1-11,14H2. The van der Waals surface area contributed by atoms with Gasteiger partial charge in [-0.2, -0.15) is 0 Å². The van der Waals surface area contributed by atoms with Crippen molar-refractivity contribution in [1.82, 2.24) is 0 Å². The highest BCUT2D eigenvalue weighted by molar-refractivity contribution is 4.87. The second-order valence-corrected chi connectivity index (χ2v) is 5.45. The van der Waals surface area contributed by atoms with Gasteiger partial charge in [0.25, 0.3) is 0 Å². The molecule has 15 heavy (non-hydrogen) atoms. The van der Waals surface area contributed by atoms with E-state index in [2.05, 4.69) is 0 Å². The van der Waals surface area contributed by atoms with Crippen LogP contribution in [0.5, 0.6) is 0 Å². The van der Waals surface area contributed by atoms with Crippen LogP contribution in [0.3, 0.4) is 0 Å². The number of rotatable bonds is 3. The second kappa shape index (κ2) is 5.31. The van der Waals surface area contributed by atoms with Crippen LogP contribution in [-0.2, 0) is 4.74 Å². The lowest BCUT2D eigenvalue weighted by atomic mass is 9.85. The smallest absolute Gasteiger partial charge is 0.0576 e. The maximum absolute atomic E-state index is 6.48. The SMILES string of the molecule is NC1(CCC2CCCO2)CCCCCC1. The molecule has 1 heterocycles. The molecular formula is C13H25NO. The molecule has 2 aliphatic rings. The van der Waals surface area contributed by atoms with Gasteiger partial charge >= 0.3 is 0 Å². The minimum absolute atomic E-state index is 0.141. The van der Waals surface area contributed by atoms with Gasteiger partial charge < -0.3 is 10.5 Å². The normalized spacial score (nSPS) is 31.4. The molecule has 0 aromatic carbocycles. The molecule has 1 unspecified atom stereocenters. The Bertz CT molecular complexity index is 179. The van der Waals surface area contributed by atoms with E-state index in [1.807, 2.05) is 0 Å². The zero-order chi connectivity index (χ0) is 10.6. The Labute approximate surface area is 93.6 Å². The van der Waals surface area contributed by atoms with Gasteiger partial charge in [0.05, 0.1) is 6.10 Å². The first-order valence-electron chi connectivity index (χ1n) is 6.69. The van der Waals surface area contributed by atoms with Crippen molar-refractivity contribution < 1.29 is 4.74 Å². The Kier molecular flexibility index (Phi) is 4.04. The fraction of sp³-hybridized carbons (Fsp3) is 1.00. The third-order valence-corrected chi connectivity index (χ3v) is 4.09. The Balaban J connectivity index is 1.75. The van der Waals surface area contributed by atoms with Crippen molar-refractivity contribution in [1.29, 1.82) is 0 Å². The minimum atomic E-state index is 0.141. The summed E-state index contributed by atoms with van der Waals surface area (Å²) in [4.78, 5) is 0. The van der Waals surface area contributed by atoms with Crippen LogP contribution in [0.2, 0.25) is 0 Å². The van der Waals surface area contributed by atoms with Gasteiger partial charge in [0.15, 0.2) is 0 Å². The third-order valence-electron chi connectivity index (χ3n) is 4.09. The summed E-state index contributed by atoms with van der Waals surface area (Å²) in [7, 11) is 0. The van der Waals surface area contributed by atoms with Crippen LogP contribution in [0.4, 0.5) is 0 Å². The minimum Gasteiger partial charge on any atom is -0.378 e. The summed E-state index contributed by atoms with van der Waals surface area (Å²) in [5, 5.41) is 0. The van der Waals surface area contributed by atoms with E-state index in [9.17, 15) is 0 Å². The first-order valence-corrected chi connectivity index (χ1v) is 6.69. The van der Waals surface area contributed by atoms with Gasteiger partial charge in [-0.05, 0) is 38.5 Å². The van der Waals surface area contributed by atoms with Crippen LogP contribution in [0.1, 0.15) is 64.2 Å². The van der Waals surface area contributed by atoms with E-state index in [0.29, 0.717) is 6.10 Å². The van der Waals surface area contributed by atoms with Gasteiger partial charge in [-0.15, -0.1) is 0 Å². The molecule has 2 N–H and O–H groups in total. The highest BCUT2D eigenvalue weighted by Gasteiger charge is 2.27. The molecule has 0 spiro atoms. The molecule has 0 aromatic rings. The van der Waals surface area contributed by atoms with Crippen LogP contribution in [0, 0.1) is 0 Å². The number of nitrogens with two attached hydrogens (primary N) is 1. The lowest BCUT2D eigenvalue weighted by Gasteiger charge is -2.29. The first-order chi connectivity index (χ1) is 7.29. The molecule has 1 aliphatic carbocycles. The molecule has 1 saturated heterocycles. The molecule has 1 atom stereocenters. The maximum atomic E-state index is 6.48. The summed E-state index contributed by atoms with van der Waals surface area (Å²) < 4.78 is 5.66. The average Bonchev–Trinajstić information content (AvgIpc) is 2.65. The predicted octanol–water partition coefficient (Wildman–Crippen LogP) is 3.00. The monoisotopic (exact) mass is 211 g/mol. The molecule has 0 amide bonds. The van der Waals surface area contributed by atoms with Gasteiger partial charge in [0.1, 0.15) is 0 Å². The van der Waals surface area contributed by atoms with E-state index >= 15 is 0 Å². The zero-order valence-corrected chi connectivity index (χ0v) is 9.84. The van der Waals surface area contributed by atoms with Crippen LogP contribution in [0.25, 0.3) is 0 Å². The van der Waals surface area contributed by atoms with E-state index in [1.165, 1.54) is 64.2 Å². The topological polar surface area (TPSA) is 35.2 Å². The quantitative estimate of drug-likeness (QED) is 0.728. The molecule has 2 heteroatoms. The fourth-order valence-corrected chi connectivity index (χ4v) is 3.00. The van der Waals surface area contributed by atoms with Gasteiger partial charge in [0, 0.05) is 12.1 Å². The highest BCUT2D eigenvalue weighted by Crippen LogP contribution is 2.30. The summed E-state index contributed by atoms with van der Waals surface area (Å²) in [6.45, 7) is 0.974. The van der Waals surface area contributed by atoms with Gasteiger partial charge in [-0.3, -0.25) is 0 Å².